The van der Waals surface area contributed by atoms with Crippen molar-refractivity contribution in [3.8, 4) is 17.2 Å². The summed E-state index contributed by atoms with van der Waals surface area (Å²) in [5.41, 5.74) is -3.50. The summed E-state index contributed by atoms with van der Waals surface area (Å²) in [4.78, 5) is 24.8. The number of rotatable bonds is 15. The molecule has 10 heteroatoms. The third-order valence-corrected chi connectivity index (χ3v) is 6.89. The molecule has 0 aliphatic heterocycles. The van der Waals surface area contributed by atoms with Crippen LogP contribution in [0.1, 0.15) is 95.5 Å². The minimum atomic E-state index is -5.08. The number of ether oxygens (including phenoxy) is 3. The number of carbonyl (C=O) groups excluding carboxylic acids is 2. The largest absolute Gasteiger partial charge is 0.497 e. The van der Waals surface area contributed by atoms with Gasteiger partial charge in [0.05, 0.1) is 26.4 Å². The summed E-state index contributed by atoms with van der Waals surface area (Å²) in [6.45, 7) is 9.93. The Balaban J connectivity index is 0.000000847. The number of amides is 1. The van der Waals surface area contributed by atoms with Gasteiger partial charge in [-0.2, -0.15) is 13.2 Å². The molecular weight excluding hydrogens is 575 g/mol. The molecule has 0 aliphatic carbocycles. The average Bonchev–Trinajstić information content (AvgIpc) is 3.00. The lowest BCUT2D eigenvalue weighted by Gasteiger charge is -2.28. The molecule has 250 valence electrons. The minimum absolute atomic E-state index is 0.0682. The maximum Gasteiger partial charge on any atom is 0.428 e. The second-order valence-electron chi connectivity index (χ2n) is 10.3. The normalized spacial score (nSPS) is 12.1. The number of ketones is 1. The first kappa shape index (κ1) is 40.7. The van der Waals surface area contributed by atoms with Crippen LogP contribution in [0.5, 0.6) is 17.2 Å². The average molecular weight is 628 g/mol. The maximum absolute atomic E-state index is 12.8. The topological polar surface area (TPSA) is 85.3 Å². The molecule has 1 N–H and O–H groups in total. The van der Waals surface area contributed by atoms with Crippen LogP contribution in [0, 0.1) is 5.92 Å². The Morgan fingerprint density at radius 3 is 1.98 bits per heavy atom. The summed E-state index contributed by atoms with van der Waals surface area (Å²) in [7, 11) is 6.32. The van der Waals surface area contributed by atoms with Crippen LogP contribution in [-0.4, -0.2) is 62.8 Å². The zero-order valence-corrected chi connectivity index (χ0v) is 27.8. The second-order valence-corrected chi connectivity index (χ2v) is 10.3. The van der Waals surface area contributed by atoms with Gasteiger partial charge in [0.2, 0.25) is 5.60 Å². The number of aliphatic hydroxyl groups is 1. The van der Waals surface area contributed by atoms with Gasteiger partial charge in [0.1, 0.15) is 17.2 Å². The summed E-state index contributed by atoms with van der Waals surface area (Å²) in [6, 6.07) is 10.1. The molecule has 1 amide bonds. The van der Waals surface area contributed by atoms with Crippen LogP contribution in [0.15, 0.2) is 42.5 Å². The first-order valence-electron chi connectivity index (χ1n) is 15.2. The summed E-state index contributed by atoms with van der Waals surface area (Å²) < 4.78 is 54.2. The molecule has 2 rings (SSSR count). The molecule has 1 atom stereocenters. The fourth-order valence-electron chi connectivity index (χ4n) is 4.57. The van der Waals surface area contributed by atoms with Crippen molar-refractivity contribution in [2.75, 3.05) is 34.9 Å². The fraction of sp³-hybridized carbons (Fsp3) is 0.588. The number of unbranched alkanes of at least 4 members (excludes halogenated alkanes) is 1. The Kier molecular flexibility index (Phi) is 19.1. The zero-order valence-electron chi connectivity index (χ0n) is 27.8. The smallest absolute Gasteiger partial charge is 0.428 e. The van der Waals surface area contributed by atoms with Crippen LogP contribution >= 0.6 is 0 Å². The highest BCUT2D eigenvalue weighted by molar-refractivity contribution is 5.96. The van der Waals surface area contributed by atoms with Crippen molar-refractivity contribution in [2.45, 2.75) is 91.3 Å². The zero-order chi connectivity index (χ0) is 33.9. The summed E-state index contributed by atoms with van der Waals surface area (Å²) in [5.74, 6) is 0.852. The molecule has 1 unspecified atom stereocenters. The predicted molar refractivity (Wildman–Crippen MR) is 169 cm³/mol. The van der Waals surface area contributed by atoms with E-state index < -0.39 is 23.1 Å². The highest BCUT2D eigenvalue weighted by Gasteiger charge is 2.58. The minimum Gasteiger partial charge on any atom is -0.497 e. The van der Waals surface area contributed by atoms with Gasteiger partial charge >= 0.3 is 6.18 Å². The predicted octanol–water partition coefficient (Wildman–Crippen LogP) is 8.22. The van der Waals surface area contributed by atoms with E-state index in [0.717, 1.165) is 30.2 Å². The van der Waals surface area contributed by atoms with E-state index in [1.165, 1.54) is 57.8 Å². The number of benzene rings is 2. The van der Waals surface area contributed by atoms with Gasteiger partial charge < -0.3 is 24.2 Å². The van der Waals surface area contributed by atoms with E-state index in [1.54, 1.807) is 38.2 Å². The lowest BCUT2D eigenvalue weighted by molar-refractivity contribution is -0.254. The molecule has 7 nitrogen and oxygen atoms in total. The van der Waals surface area contributed by atoms with Crippen molar-refractivity contribution in [1.82, 2.24) is 4.90 Å². The van der Waals surface area contributed by atoms with Crippen LogP contribution in [-0.2, 0) is 10.4 Å². The summed E-state index contributed by atoms with van der Waals surface area (Å²) >= 11 is 0. The Morgan fingerprint density at radius 1 is 0.886 bits per heavy atom. The van der Waals surface area contributed by atoms with Crippen molar-refractivity contribution in [1.29, 1.82) is 0 Å². The van der Waals surface area contributed by atoms with Gasteiger partial charge in [-0.05, 0) is 49.9 Å². The molecule has 2 aromatic carbocycles. The Bertz CT molecular complexity index is 1120. The van der Waals surface area contributed by atoms with Gasteiger partial charge in [-0.25, -0.2) is 0 Å². The summed E-state index contributed by atoms with van der Waals surface area (Å²) in [6.07, 6.45) is 3.72. The van der Waals surface area contributed by atoms with Crippen LogP contribution in [0.2, 0.25) is 0 Å². The Morgan fingerprint density at radius 2 is 1.50 bits per heavy atom. The van der Waals surface area contributed by atoms with Gasteiger partial charge in [-0.15, -0.1) is 0 Å². The van der Waals surface area contributed by atoms with Crippen LogP contribution < -0.4 is 14.2 Å². The van der Waals surface area contributed by atoms with E-state index in [1.807, 2.05) is 19.9 Å². The fourth-order valence-corrected chi connectivity index (χ4v) is 4.57. The van der Waals surface area contributed by atoms with Crippen LogP contribution in [0.25, 0.3) is 0 Å². The molecule has 44 heavy (non-hydrogen) atoms. The number of halogens is 3. The Hall–Kier alpha value is -3.27. The van der Waals surface area contributed by atoms with Crippen molar-refractivity contribution >= 4 is 11.7 Å². The van der Waals surface area contributed by atoms with Crippen molar-refractivity contribution in [3.63, 3.8) is 0 Å². The van der Waals surface area contributed by atoms with E-state index in [0.29, 0.717) is 24.8 Å². The number of Topliss-reactive ketones (excluding diaryl/α,β-unsaturated/α-hetero) is 1. The standard InChI is InChI=1S/C21H35NO3.C11H11F3O3.C2H6/c1-6-10-17(11-7-2)12-8-9-15-25-18-13-14-19(20(16-18)24-5)21(23)22(3)4;1-7(15)10(16,11(12,13)14)8-4-3-5-9(6-8)17-2;1-2/h13-14,16-17H,6-12,15H2,1-5H3;3-6,16H,1-2H3;1-2H3. The number of nitrogens with zero attached hydrogens (tertiary/aromatic N) is 1. The molecule has 0 radical (unpaired) electrons. The molecule has 0 saturated carbocycles. The number of hydrogen-bond acceptors (Lipinski definition) is 6. The number of methoxy groups -OCH3 is 2. The van der Waals surface area contributed by atoms with Crippen LogP contribution in [0.3, 0.4) is 0 Å². The van der Waals surface area contributed by atoms with Gasteiger partial charge in [-0.1, -0.05) is 71.9 Å². The molecular formula is C34H52F3NO6. The number of alkyl halides is 3. The molecule has 0 bridgehead atoms. The molecule has 0 aliphatic rings. The van der Waals surface area contributed by atoms with Gasteiger partial charge in [-0.3, -0.25) is 9.59 Å². The van der Waals surface area contributed by atoms with Crippen molar-refractivity contribution in [3.05, 3.63) is 53.6 Å². The van der Waals surface area contributed by atoms with Gasteiger partial charge in [0.25, 0.3) is 5.91 Å². The first-order valence-corrected chi connectivity index (χ1v) is 15.2. The van der Waals surface area contributed by atoms with E-state index in [-0.39, 0.29) is 11.7 Å². The molecule has 0 fully saturated rings. The molecule has 0 aromatic heterocycles. The summed E-state index contributed by atoms with van der Waals surface area (Å²) in [5, 5.41) is 9.59. The monoisotopic (exact) mass is 627 g/mol. The van der Waals surface area contributed by atoms with Crippen molar-refractivity contribution in [2.24, 2.45) is 5.92 Å². The van der Waals surface area contributed by atoms with Gasteiger partial charge in [0, 0.05) is 25.7 Å². The Labute approximate surface area is 261 Å². The third-order valence-electron chi connectivity index (χ3n) is 6.89. The highest BCUT2D eigenvalue weighted by atomic mass is 19.4. The quantitative estimate of drug-likeness (QED) is 0.200. The number of hydrogen-bond donors (Lipinski definition) is 1. The van der Waals surface area contributed by atoms with E-state index in [2.05, 4.69) is 13.8 Å². The third kappa shape index (κ3) is 12.4. The van der Waals surface area contributed by atoms with Gasteiger partial charge in [0.15, 0.2) is 5.78 Å². The molecule has 0 saturated heterocycles. The van der Waals surface area contributed by atoms with E-state index >= 15 is 0 Å². The maximum atomic E-state index is 12.8. The SMILES string of the molecule is CC.CCCC(CCC)CCCCOc1ccc(C(=O)N(C)C)c(OC)c1.COc1cccc(C(O)(C(C)=O)C(F)(F)F)c1. The number of carbonyl (C=O) groups is 2. The van der Waals surface area contributed by atoms with Crippen molar-refractivity contribution < 1.29 is 42.1 Å². The second kappa shape index (κ2) is 20.6. The molecule has 2 aromatic rings. The van der Waals surface area contributed by atoms with Crippen LogP contribution in [0.4, 0.5) is 13.2 Å². The first-order chi connectivity index (χ1) is 20.8. The molecule has 0 spiro atoms. The molecule has 0 heterocycles. The highest BCUT2D eigenvalue weighted by Crippen LogP contribution is 2.40. The van der Waals surface area contributed by atoms with E-state index in [4.69, 9.17) is 14.2 Å². The lowest BCUT2D eigenvalue weighted by atomic mass is 9.89. The lowest BCUT2D eigenvalue weighted by Crippen LogP contribution is -2.48. The van der Waals surface area contributed by atoms with E-state index in [9.17, 15) is 27.9 Å².